The van der Waals surface area contributed by atoms with Gasteiger partial charge in [-0.25, -0.2) is 4.39 Å². The maximum Gasteiger partial charge on any atom is 0.269 e. The van der Waals surface area contributed by atoms with Crippen LogP contribution in [0.3, 0.4) is 0 Å². The van der Waals surface area contributed by atoms with E-state index in [0.717, 1.165) is 0 Å². The summed E-state index contributed by atoms with van der Waals surface area (Å²) in [6, 6.07) is 6.02. The quantitative estimate of drug-likeness (QED) is 0.856. The van der Waals surface area contributed by atoms with Crippen LogP contribution in [0, 0.1) is 17.7 Å². The molecule has 2 aromatic rings. The second-order valence-corrected chi connectivity index (χ2v) is 4.89. The molecule has 0 atom stereocenters. The van der Waals surface area contributed by atoms with E-state index in [9.17, 15) is 9.18 Å². The zero-order valence-electron chi connectivity index (χ0n) is 11.3. The summed E-state index contributed by atoms with van der Waals surface area (Å²) < 4.78 is 19.0. The van der Waals surface area contributed by atoms with Gasteiger partial charge in [0.1, 0.15) is 16.4 Å². The van der Waals surface area contributed by atoms with Gasteiger partial charge in [-0.05, 0) is 29.6 Å². The molecule has 1 aromatic carbocycles. The minimum absolute atomic E-state index is 0.0914. The lowest BCUT2D eigenvalue weighted by Crippen LogP contribution is -2.12. The lowest BCUT2D eigenvalue weighted by Gasteiger charge is -2.07. The predicted molar refractivity (Wildman–Crippen MR) is 81.2 cm³/mol. The number of thiophene rings is 1. The molecule has 1 aromatic heterocycles. The molecule has 2 rings (SSSR count). The molecule has 0 radical (unpaired) electrons. The number of hydrogen-bond acceptors (Lipinski definition) is 4. The molecule has 0 fully saturated rings. The highest BCUT2D eigenvalue weighted by atomic mass is 32.1. The van der Waals surface area contributed by atoms with Gasteiger partial charge in [-0.15, -0.1) is 11.3 Å². The van der Waals surface area contributed by atoms with E-state index in [-0.39, 0.29) is 12.2 Å². The normalized spacial score (nSPS) is 9.67. The molecule has 3 N–H and O–H groups in total. The lowest BCUT2D eigenvalue weighted by molar-refractivity contribution is 0.102. The Bertz CT molecular complexity index is 716. The van der Waals surface area contributed by atoms with Crippen molar-refractivity contribution < 1.29 is 13.9 Å². The summed E-state index contributed by atoms with van der Waals surface area (Å²) in [6.07, 6.45) is 0. The molecule has 0 saturated heterocycles. The van der Waals surface area contributed by atoms with Gasteiger partial charge in [-0.1, -0.05) is 11.8 Å². The number of ether oxygens (including phenoxy) is 1. The maximum absolute atomic E-state index is 13.9. The average molecular weight is 304 g/mol. The van der Waals surface area contributed by atoms with Crippen LogP contribution in [0.4, 0.5) is 10.1 Å². The number of nitrogens with one attached hydrogen (secondary N) is 1. The molecule has 0 bridgehead atoms. The number of rotatable bonds is 3. The van der Waals surface area contributed by atoms with E-state index in [0.29, 0.717) is 16.2 Å². The summed E-state index contributed by atoms with van der Waals surface area (Å²) in [4.78, 5) is 12.5. The van der Waals surface area contributed by atoms with Gasteiger partial charge in [0, 0.05) is 5.56 Å². The van der Waals surface area contributed by atoms with E-state index >= 15 is 0 Å². The largest absolute Gasteiger partial charge is 0.495 e. The van der Waals surface area contributed by atoms with Crippen LogP contribution < -0.4 is 15.8 Å². The van der Waals surface area contributed by atoms with Crippen LogP contribution in [-0.2, 0) is 0 Å². The van der Waals surface area contributed by atoms with Crippen molar-refractivity contribution in [3.8, 4) is 17.6 Å². The molecule has 1 amide bonds. The highest BCUT2D eigenvalue weighted by Gasteiger charge is 2.15. The first-order valence-corrected chi connectivity index (χ1v) is 6.95. The SMILES string of the molecule is COc1ccsc1C(=O)Nc1ccc(C#CCN)cc1F. The van der Waals surface area contributed by atoms with Crippen LogP contribution in [-0.4, -0.2) is 19.6 Å². The average Bonchev–Trinajstić information content (AvgIpc) is 2.96. The Kier molecular flexibility index (Phi) is 4.93. The van der Waals surface area contributed by atoms with Crippen LogP contribution in [0.1, 0.15) is 15.2 Å². The van der Waals surface area contributed by atoms with Crippen molar-refractivity contribution in [3.63, 3.8) is 0 Å². The molecule has 0 aliphatic heterocycles. The number of carbonyl (C=O) groups is 1. The number of carbonyl (C=O) groups excluding carboxylic acids is 1. The Balaban J connectivity index is 2.18. The third kappa shape index (κ3) is 3.60. The Hall–Kier alpha value is -2.36. The van der Waals surface area contributed by atoms with E-state index in [1.165, 1.54) is 30.6 Å². The minimum atomic E-state index is -0.553. The zero-order valence-corrected chi connectivity index (χ0v) is 12.1. The van der Waals surface area contributed by atoms with E-state index in [2.05, 4.69) is 17.2 Å². The van der Waals surface area contributed by atoms with E-state index in [1.807, 2.05) is 0 Å². The van der Waals surface area contributed by atoms with Gasteiger partial charge in [0.15, 0.2) is 0 Å². The molecule has 0 spiro atoms. The molecule has 0 aliphatic rings. The summed E-state index contributed by atoms with van der Waals surface area (Å²) in [5.74, 6) is 4.86. The van der Waals surface area contributed by atoms with Gasteiger partial charge in [-0.3, -0.25) is 4.79 Å². The summed E-state index contributed by atoms with van der Waals surface area (Å²) >= 11 is 1.23. The standard InChI is InChI=1S/C15H13FN2O2S/c1-20-13-6-8-21-14(13)15(19)18-12-5-4-10(3-2-7-17)9-11(12)16/h4-6,8-9H,7,17H2,1H3,(H,18,19). The van der Waals surface area contributed by atoms with Gasteiger partial charge in [0.2, 0.25) is 0 Å². The fourth-order valence-corrected chi connectivity index (χ4v) is 2.40. The summed E-state index contributed by atoms with van der Waals surface area (Å²) in [6.45, 7) is 0.207. The van der Waals surface area contributed by atoms with E-state index in [1.54, 1.807) is 17.5 Å². The van der Waals surface area contributed by atoms with Crippen molar-refractivity contribution in [2.45, 2.75) is 0 Å². The van der Waals surface area contributed by atoms with Crippen molar-refractivity contribution in [2.75, 3.05) is 19.0 Å². The van der Waals surface area contributed by atoms with Gasteiger partial charge in [0.05, 0.1) is 19.3 Å². The van der Waals surface area contributed by atoms with Gasteiger partial charge < -0.3 is 15.8 Å². The van der Waals surface area contributed by atoms with Crippen molar-refractivity contribution in [3.05, 3.63) is 45.9 Å². The molecule has 21 heavy (non-hydrogen) atoms. The Morgan fingerprint density at radius 1 is 1.48 bits per heavy atom. The first-order valence-electron chi connectivity index (χ1n) is 6.07. The highest BCUT2D eigenvalue weighted by Crippen LogP contribution is 2.26. The molecular formula is C15H13FN2O2S. The Morgan fingerprint density at radius 3 is 2.95 bits per heavy atom. The van der Waals surface area contributed by atoms with Crippen molar-refractivity contribution in [1.29, 1.82) is 0 Å². The molecule has 0 saturated carbocycles. The summed E-state index contributed by atoms with van der Waals surface area (Å²) in [5.41, 5.74) is 5.85. The second kappa shape index (κ2) is 6.88. The van der Waals surface area contributed by atoms with Crippen LogP contribution in [0.25, 0.3) is 0 Å². The van der Waals surface area contributed by atoms with E-state index < -0.39 is 11.7 Å². The minimum Gasteiger partial charge on any atom is -0.495 e. The van der Waals surface area contributed by atoms with Crippen LogP contribution in [0.5, 0.6) is 5.75 Å². The van der Waals surface area contributed by atoms with E-state index in [4.69, 9.17) is 10.5 Å². The number of nitrogens with two attached hydrogens (primary N) is 1. The van der Waals surface area contributed by atoms with Crippen LogP contribution in [0.2, 0.25) is 0 Å². The molecule has 0 aliphatic carbocycles. The van der Waals surface area contributed by atoms with Gasteiger partial charge >= 0.3 is 0 Å². The third-order valence-electron chi connectivity index (χ3n) is 2.61. The topological polar surface area (TPSA) is 64.3 Å². The number of methoxy groups -OCH3 is 1. The molecular weight excluding hydrogens is 291 g/mol. The Labute approximate surface area is 125 Å². The highest BCUT2D eigenvalue weighted by molar-refractivity contribution is 7.12. The Morgan fingerprint density at radius 2 is 2.29 bits per heavy atom. The second-order valence-electron chi connectivity index (χ2n) is 3.97. The van der Waals surface area contributed by atoms with Gasteiger partial charge in [0.25, 0.3) is 5.91 Å². The fraction of sp³-hybridized carbons (Fsp3) is 0.133. The number of hydrogen-bond donors (Lipinski definition) is 2. The molecule has 0 unspecified atom stereocenters. The first kappa shape index (κ1) is 15.0. The zero-order chi connectivity index (χ0) is 15.2. The van der Waals surface area contributed by atoms with Crippen molar-refractivity contribution >= 4 is 22.9 Å². The summed E-state index contributed by atoms with van der Waals surface area (Å²) in [7, 11) is 1.48. The number of benzene rings is 1. The monoisotopic (exact) mass is 304 g/mol. The number of halogens is 1. The molecule has 6 heteroatoms. The fourth-order valence-electron chi connectivity index (χ4n) is 1.65. The third-order valence-corrected chi connectivity index (χ3v) is 3.50. The summed E-state index contributed by atoms with van der Waals surface area (Å²) in [5, 5.41) is 4.25. The van der Waals surface area contributed by atoms with Crippen molar-refractivity contribution in [2.24, 2.45) is 5.73 Å². The maximum atomic E-state index is 13.9. The van der Waals surface area contributed by atoms with Gasteiger partial charge in [-0.2, -0.15) is 0 Å². The predicted octanol–water partition coefficient (Wildman–Crippen LogP) is 2.46. The molecule has 108 valence electrons. The lowest BCUT2D eigenvalue weighted by atomic mass is 10.2. The molecule has 1 heterocycles. The molecule has 4 nitrogen and oxygen atoms in total. The van der Waals surface area contributed by atoms with Crippen LogP contribution in [0.15, 0.2) is 29.6 Å². The number of anilines is 1. The van der Waals surface area contributed by atoms with Crippen molar-refractivity contribution in [1.82, 2.24) is 0 Å². The first-order chi connectivity index (χ1) is 10.2. The smallest absolute Gasteiger partial charge is 0.269 e. The van der Waals surface area contributed by atoms with Crippen LogP contribution >= 0.6 is 11.3 Å². The number of amides is 1.